The van der Waals surface area contributed by atoms with Crippen LogP contribution in [0.2, 0.25) is 10.0 Å². The van der Waals surface area contributed by atoms with Gasteiger partial charge in [0, 0.05) is 25.4 Å². The van der Waals surface area contributed by atoms with Gasteiger partial charge in [-0.1, -0.05) is 33.4 Å². The minimum absolute atomic E-state index is 0.0162. The Morgan fingerprint density at radius 1 is 0.897 bits per heavy atom. The molecule has 0 radical (unpaired) electrons. The molecule has 152 valence electrons. The molecular formula is C15H9Cl5N6O3. The topological polar surface area (TPSA) is 152 Å². The Kier molecular flexibility index (Phi) is 13.4. The van der Waals surface area contributed by atoms with Crippen molar-refractivity contribution in [2.75, 3.05) is 5.34 Å². The summed E-state index contributed by atoms with van der Waals surface area (Å²) in [5, 5.41) is 15.4. The highest BCUT2D eigenvalue weighted by molar-refractivity contribution is 6.68. The third-order valence-electron chi connectivity index (χ3n) is 2.67. The summed E-state index contributed by atoms with van der Waals surface area (Å²) in [5.41, 5.74) is 16.5. The number of aromatic carboxylic acids is 1. The Morgan fingerprint density at radius 3 is 1.62 bits per heavy atom. The minimum atomic E-state index is -1.15. The highest BCUT2D eigenvalue weighted by Crippen LogP contribution is 2.25. The van der Waals surface area contributed by atoms with Gasteiger partial charge in [-0.2, -0.15) is 0 Å². The molecule has 0 aliphatic rings. The van der Waals surface area contributed by atoms with E-state index in [2.05, 4.69) is 20.1 Å². The third-order valence-corrected chi connectivity index (χ3v) is 3.34. The summed E-state index contributed by atoms with van der Waals surface area (Å²) in [5.74, 6) is -1.15. The lowest BCUT2D eigenvalue weighted by Gasteiger charge is -1.98. The van der Waals surface area contributed by atoms with E-state index in [0.717, 1.165) is 0 Å². The van der Waals surface area contributed by atoms with Gasteiger partial charge in [-0.25, -0.2) is 4.79 Å². The molecule has 0 aliphatic carbocycles. The van der Waals surface area contributed by atoms with E-state index < -0.39 is 11.2 Å². The van der Waals surface area contributed by atoms with Crippen LogP contribution in [0, 0.1) is 0 Å². The third kappa shape index (κ3) is 10.1. The zero-order chi connectivity index (χ0) is 22.4. The second-order valence-corrected chi connectivity index (χ2v) is 6.41. The predicted octanol–water partition coefficient (Wildman–Crippen LogP) is 8.06. The van der Waals surface area contributed by atoms with E-state index in [1.165, 1.54) is 36.4 Å². The molecule has 0 heterocycles. The average Bonchev–Trinajstić information content (AvgIpc) is 2.63. The molecule has 0 bridgehead atoms. The van der Waals surface area contributed by atoms with E-state index in [4.69, 9.17) is 74.2 Å². The average molecular weight is 499 g/mol. The Morgan fingerprint density at radius 2 is 1.28 bits per heavy atom. The molecular weight excluding hydrogens is 489 g/mol. The fraction of sp³-hybridized carbons (Fsp3) is 0.0667. The molecule has 0 aromatic heterocycles. The lowest BCUT2D eigenvalue weighted by molar-refractivity contribution is 0.0697. The zero-order valence-electron chi connectivity index (χ0n) is 14.0. The van der Waals surface area contributed by atoms with Crippen LogP contribution < -0.4 is 0 Å². The van der Waals surface area contributed by atoms with Crippen molar-refractivity contribution in [1.29, 1.82) is 0 Å². The molecule has 14 heteroatoms. The standard InChI is InChI=1S/C7H3Cl2N3O.C7H4ClN3O2.CH2Cl2/c8-4-1-2-5(7(9)13)6(3-4)11-12-10;8-4-1-2-5(7(12)13)6(3-4)10-11-9;2-1-3/h1-3H;1-3H,(H,12,13);1H2. The second kappa shape index (κ2) is 14.6. The van der Waals surface area contributed by atoms with Crippen LogP contribution >= 0.6 is 58.0 Å². The first-order chi connectivity index (χ1) is 13.7. The number of carboxylic acid groups (broad SMARTS) is 1. The fourth-order valence-corrected chi connectivity index (χ4v) is 2.11. The molecule has 0 saturated carbocycles. The first kappa shape index (κ1) is 26.6. The molecule has 0 aliphatic heterocycles. The van der Waals surface area contributed by atoms with Gasteiger partial charge in [0.2, 0.25) is 0 Å². The van der Waals surface area contributed by atoms with Gasteiger partial charge in [0.05, 0.1) is 22.3 Å². The number of benzene rings is 2. The number of hydrogen-bond donors (Lipinski definition) is 1. The number of rotatable bonds is 4. The van der Waals surface area contributed by atoms with Gasteiger partial charge in [-0.3, -0.25) is 4.79 Å². The molecule has 2 rings (SSSR count). The van der Waals surface area contributed by atoms with E-state index in [1.54, 1.807) is 0 Å². The van der Waals surface area contributed by atoms with Crippen molar-refractivity contribution in [3.8, 4) is 0 Å². The van der Waals surface area contributed by atoms with Gasteiger partial charge in [-0.15, -0.1) is 23.2 Å². The van der Waals surface area contributed by atoms with Crippen molar-refractivity contribution >= 4 is 80.6 Å². The van der Waals surface area contributed by atoms with Crippen LogP contribution in [0.3, 0.4) is 0 Å². The van der Waals surface area contributed by atoms with E-state index >= 15 is 0 Å². The van der Waals surface area contributed by atoms with Gasteiger partial charge < -0.3 is 5.11 Å². The van der Waals surface area contributed by atoms with E-state index in [9.17, 15) is 9.59 Å². The molecule has 29 heavy (non-hydrogen) atoms. The quantitative estimate of drug-likeness (QED) is 0.149. The summed E-state index contributed by atoms with van der Waals surface area (Å²) in [6.45, 7) is 0. The van der Waals surface area contributed by atoms with Crippen molar-refractivity contribution in [2.24, 2.45) is 10.2 Å². The number of hydrogen-bond acceptors (Lipinski definition) is 4. The Labute approximate surface area is 188 Å². The van der Waals surface area contributed by atoms with Gasteiger partial charge in [0.1, 0.15) is 0 Å². The lowest BCUT2D eigenvalue weighted by atomic mass is 10.2. The first-order valence-electron chi connectivity index (χ1n) is 6.96. The van der Waals surface area contributed by atoms with Gasteiger partial charge in [0.15, 0.2) is 0 Å². The maximum atomic E-state index is 10.8. The van der Waals surface area contributed by atoms with Gasteiger partial charge >= 0.3 is 5.97 Å². The Hall–Kier alpha value is -2.35. The number of alkyl halides is 2. The summed E-state index contributed by atoms with van der Waals surface area (Å²) in [7, 11) is 0. The fourth-order valence-electron chi connectivity index (χ4n) is 1.62. The summed E-state index contributed by atoms with van der Waals surface area (Å²) in [4.78, 5) is 26.4. The lowest BCUT2D eigenvalue weighted by Crippen LogP contribution is -1.95. The molecule has 0 amide bonds. The minimum Gasteiger partial charge on any atom is -0.478 e. The largest absolute Gasteiger partial charge is 0.478 e. The van der Waals surface area contributed by atoms with Crippen LogP contribution in [0.1, 0.15) is 20.7 Å². The van der Waals surface area contributed by atoms with Crippen molar-refractivity contribution < 1.29 is 14.7 Å². The first-order valence-corrected chi connectivity index (χ1v) is 9.16. The van der Waals surface area contributed by atoms with Crippen LogP contribution in [-0.4, -0.2) is 21.7 Å². The van der Waals surface area contributed by atoms with Crippen LogP contribution in [-0.2, 0) is 0 Å². The van der Waals surface area contributed by atoms with Crippen LogP contribution in [0.15, 0.2) is 46.6 Å². The maximum Gasteiger partial charge on any atom is 0.336 e. The second-order valence-electron chi connectivity index (χ2n) is 4.38. The maximum absolute atomic E-state index is 10.8. The Balaban J connectivity index is 0.000000477. The summed E-state index contributed by atoms with van der Waals surface area (Å²) < 4.78 is 0. The van der Waals surface area contributed by atoms with Crippen molar-refractivity contribution in [3.05, 3.63) is 78.5 Å². The number of carbonyl (C=O) groups excluding carboxylic acids is 1. The van der Waals surface area contributed by atoms with Crippen molar-refractivity contribution in [3.63, 3.8) is 0 Å². The molecule has 9 nitrogen and oxygen atoms in total. The molecule has 1 N–H and O–H groups in total. The molecule has 0 fully saturated rings. The molecule has 0 atom stereocenters. The smallest absolute Gasteiger partial charge is 0.336 e. The monoisotopic (exact) mass is 496 g/mol. The zero-order valence-corrected chi connectivity index (χ0v) is 17.8. The van der Waals surface area contributed by atoms with Crippen LogP contribution in [0.4, 0.5) is 11.4 Å². The molecule has 0 unspecified atom stereocenters. The number of azide groups is 2. The molecule has 0 spiro atoms. The van der Waals surface area contributed by atoms with Crippen LogP contribution in [0.25, 0.3) is 20.9 Å². The van der Waals surface area contributed by atoms with Gasteiger partial charge in [0.25, 0.3) is 5.24 Å². The van der Waals surface area contributed by atoms with E-state index in [-0.39, 0.29) is 27.8 Å². The number of halogens is 5. The molecule has 2 aromatic rings. The van der Waals surface area contributed by atoms with Crippen LogP contribution in [0.5, 0.6) is 0 Å². The summed E-state index contributed by atoms with van der Waals surface area (Å²) in [6.07, 6.45) is 0. The highest BCUT2D eigenvalue weighted by Gasteiger charge is 2.08. The number of carbonyl (C=O) groups is 2. The number of nitrogens with zero attached hydrogens (tertiary/aromatic N) is 6. The summed E-state index contributed by atoms with van der Waals surface area (Å²) >= 11 is 26.0. The van der Waals surface area contributed by atoms with Crippen molar-refractivity contribution in [2.45, 2.75) is 0 Å². The predicted molar refractivity (Wildman–Crippen MR) is 114 cm³/mol. The van der Waals surface area contributed by atoms with Crippen molar-refractivity contribution in [1.82, 2.24) is 0 Å². The van der Waals surface area contributed by atoms with E-state index in [0.29, 0.717) is 10.0 Å². The van der Waals surface area contributed by atoms with E-state index in [1.807, 2.05) is 0 Å². The van der Waals surface area contributed by atoms with Gasteiger partial charge in [-0.05, 0) is 59.1 Å². The molecule has 0 saturated heterocycles. The highest BCUT2D eigenvalue weighted by atomic mass is 35.5. The molecule has 2 aromatic carbocycles. The Bertz CT molecular complexity index is 897. The summed E-state index contributed by atoms with van der Waals surface area (Å²) in [6, 6.07) is 8.27. The number of carboxylic acids is 1. The SMILES string of the molecule is ClCCl.[N-]=[N+]=Nc1cc(Cl)ccc1C(=O)Cl.[N-]=[N+]=Nc1cc(Cl)ccc1C(=O)O. The normalized spacial score (nSPS) is 8.72.